The fraction of sp³-hybridized carbons (Fsp3) is 0.278. The summed E-state index contributed by atoms with van der Waals surface area (Å²) in [6.45, 7) is 2.11. The van der Waals surface area contributed by atoms with Crippen LogP contribution in [0.5, 0.6) is 11.5 Å². The zero-order valence-corrected chi connectivity index (χ0v) is 13.3. The van der Waals surface area contributed by atoms with Gasteiger partial charge in [0.25, 0.3) is 5.91 Å². The Morgan fingerprint density at radius 1 is 1.13 bits per heavy atom. The molecule has 5 nitrogen and oxygen atoms in total. The van der Waals surface area contributed by atoms with Crippen molar-refractivity contribution in [2.24, 2.45) is 0 Å². The van der Waals surface area contributed by atoms with Crippen LogP contribution in [0.1, 0.15) is 15.9 Å². The first-order valence-corrected chi connectivity index (χ1v) is 7.57. The second-order valence-electron chi connectivity index (χ2n) is 5.33. The maximum absolute atomic E-state index is 13.1. The average molecular weight is 312 g/mol. The largest absolute Gasteiger partial charge is 0.497 e. The van der Waals surface area contributed by atoms with Gasteiger partial charge in [0.2, 0.25) is 0 Å². The van der Waals surface area contributed by atoms with Gasteiger partial charge in [0.05, 0.1) is 19.8 Å². The number of carbonyl (C=O) groups excluding carboxylic acids is 1. The molecule has 5 heteroatoms. The first kappa shape index (κ1) is 15.4. The Labute approximate surface area is 135 Å². The van der Waals surface area contributed by atoms with Crippen molar-refractivity contribution in [2.45, 2.75) is 6.54 Å². The molecule has 23 heavy (non-hydrogen) atoms. The zero-order chi connectivity index (χ0) is 16.2. The zero-order valence-electron chi connectivity index (χ0n) is 13.3. The van der Waals surface area contributed by atoms with Gasteiger partial charge in [-0.3, -0.25) is 4.79 Å². The normalized spacial score (nSPS) is 13.9. The number of ether oxygens (including phenoxy) is 2. The van der Waals surface area contributed by atoms with Crippen molar-refractivity contribution in [2.75, 3.05) is 32.2 Å². The number of hydrogen-bond acceptors (Lipinski definition) is 4. The number of para-hydroxylation sites is 1. The second kappa shape index (κ2) is 6.71. The molecule has 120 valence electrons. The number of fused-ring (bicyclic) bond motifs is 1. The Morgan fingerprint density at radius 2 is 1.96 bits per heavy atom. The van der Waals surface area contributed by atoms with E-state index in [0.29, 0.717) is 23.6 Å². The summed E-state index contributed by atoms with van der Waals surface area (Å²) in [6, 6.07) is 13.2. The van der Waals surface area contributed by atoms with E-state index in [1.54, 1.807) is 37.3 Å². The van der Waals surface area contributed by atoms with Gasteiger partial charge < -0.3 is 19.7 Å². The lowest BCUT2D eigenvalue weighted by atomic mass is 10.1. The van der Waals surface area contributed by atoms with Crippen molar-refractivity contribution in [1.29, 1.82) is 0 Å². The lowest BCUT2D eigenvalue weighted by Crippen LogP contribution is -2.35. The molecule has 1 aliphatic heterocycles. The molecule has 1 heterocycles. The summed E-state index contributed by atoms with van der Waals surface area (Å²) in [5.41, 5.74) is 2.55. The van der Waals surface area contributed by atoms with E-state index in [1.165, 1.54) is 0 Å². The van der Waals surface area contributed by atoms with E-state index in [0.717, 1.165) is 24.3 Å². The summed E-state index contributed by atoms with van der Waals surface area (Å²) in [5.74, 6) is 1.10. The first-order chi connectivity index (χ1) is 11.2. The number of methoxy groups -OCH3 is 2. The number of amides is 1. The molecule has 0 bridgehead atoms. The summed E-state index contributed by atoms with van der Waals surface area (Å²) in [7, 11) is 3.15. The quantitative estimate of drug-likeness (QED) is 0.946. The van der Waals surface area contributed by atoms with E-state index in [2.05, 4.69) is 5.32 Å². The minimum Gasteiger partial charge on any atom is -0.497 e. The molecule has 1 N–H and O–H groups in total. The Hall–Kier alpha value is -2.53. The van der Waals surface area contributed by atoms with Gasteiger partial charge >= 0.3 is 0 Å². The molecule has 1 amide bonds. The Morgan fingerprint density at radius 3 is 2.74 bits per heavy atom. The molecule has 2 aromatic rings. The van der Waals surface area contributed by atoms with Crippen molar-refractivity contribution in [3.63, 3.8) is 0 Å². The summed E-state index contributed by atoms with van der Waals surface area (Å²) in [5, 5.41) is 3.34. The van der Waals surface area contributed by atoms with E-state index in [-0.39, 0.29) is 5.91 Å². The molecule has 2 aromatic carbocycles. The van der Waals surface area contributed by atoms with Gasteiger partial charge in [0.15, 0.2) is 0 Å². The fourth-order valence-corrected chi connectivity index (χ4v) is 2.80. The van der Waals surface area contributed by atoms with E-state index in [4.69, 9.17) is 9.47 Å². The third-order valence-corrected chi connectivity index (χ3v) is 3.99. The van der Waals surface area contributed by atoms with Crippen LogP contribution in [-0.2, 0) is 6.54 Å². The van der Waals surface area contributed by atoms with Crippen LogP contribution in [0.25, 0.3) is 0 Å². The minimum atomic E-state index is -0.0862. The first-order valence-electron chi connectivity index (χ1n) is 7.57. The summed E-state index contributed by atoms with van der Waals surface area (Å²) >= 11 is 0. The summed E-state index contributed by atoms with van der Waals surface area (Å²) in [6.07, 6.45) is 0. The molecule has 0 saturated heterocycles. The van der Waals surface area contributed by atoms with Crippen molar-refractivity contribution < 1.29 is 14.3 Å². The van der Waals surface area contributed by atoms with Crippen LogP contribution < -0.4 is 19.7 Å². The standard InChI is InChI=1S/C18H20N2O3/c1-22-14-7-8-17(23-2)15(11-14)18(21)20-10-9-19-12-13-5-3-4-6-16(13)20/h3-8,11,19H,9-10,12H2,1-2H3. The number of hydrogen-bond donors (Lipinski definition) is 1. The van der Waals surface area contributed by atoms with Crippen LogP contribution >= 0.6 is 0 Å². The molecule has 3 rings (SSSR count). The van der Waals surface area contributed by atoms with E-state index >= 15 is 0 Å². The molecule has 0 unspecified atom stereocenters. The van der Waals surface area contributed by atoms with Crippen molar-refractivity contribution >= 4 is 11.6 Å². The van der Waals surface area contributed by atoms with E-state index < -0.39 is 0 Å². The number of nitrogens with one attached hydrogen (secondary N) is 1. The molecular formula is C18H20N2O3. The van der Waals surface area contributed by atoms with Gasteiger partial charge in [-0.05, 0) is 29.8 Å². The predicted octanol–water partition coefficient (Wildman–Crippen LogP) is 2.45. The second-order valence-corrected chi connectivity index (χ2v) is 5.33. The molecule has 0 fully saturated rings. The van der Waals surface area contributed by atoms with Crippen LogP contribution in [0, 0.1) is 0 Å². The van der Waals surface area contributed by atoms with Crippen LogP contribution in [0.2, 0.25) is 0 Å². The molecule has 0 radical (unpaired) electrons. The van der Waals surface area contributed by atoms with Gasteiger partial charge in [-0.25, -0.2) is 0 Å². The van der Waals surface area contributed by atoms with Crippen LogP contribution in [0.15, 0.2) is 42.5 Å². The molecule has 0 aliphatic carbocycles. The average Bonchev–Trinajstić information content (AvgIpc) is 2.83. The van der Waals surface area contributed by atoms with E-state index in [1.807, 2.05) is 24.3 Å². The number of rotatable bonds is 3. The Balaban J connectivity index is 2.03. The highest BCUT2D eigenvalue weighted by molar-refractivity contribution is 6.08. The van der Waals surface area contributed by atoms with Gasteiger partial charge in [-0.15, -0.1) is 0 Å². The lowest BCUT2D eigenvalue weighted by molar-refractivity contribution is 0.0984. The highest BCUT2D eigenvalue weighted by Gasteiger charge is 2.24. The van der Waals surface area contributed by atoms with Gasteiger partial charge in [-0.2, -0.15) is 0 Å². The molecule has 0 saturated carbocycles. The van der Waals surface area contributed by atoms with Crippen LogP contribution in [0.3, 0.4) is 0 Å². The van der Waals surface area contributed by atoms with Gasteiger partial charge in [0, 0.05) is 25.3 Å². The predicted molar refractivity (Wildman–Crippen MR) is 89.4 cm³/mol. The SMILES string of the molecule is COc1ccc(OC)c(C(=O)N2CCNCc3ccccc32)c1. The monoisotopic (exact) mass is 312 g/mol. The maximum Gasteiger partial charge on any atom is 0.262 e. The molecule has 0 aromatic heterocycles. The smallest absolute Gasteiger partial charge is 0.262 e. The number of benzene rings is 2. The Kier molecular flexibility index (Phi) is 4.48. The van der Waals surface area contributed by atoms with E-state index in [9.17, 15) is 4.79 Å². The maximum atomic E-state index is 13.1. The minimum absolute atomic E-state index is 0.0862. The van der Waals surface area contributed by atoms with Crippen LogP contribution in [-0.4, -0.2) is 33.2 Å². The third-order valence-electron chi connectivity index (χ3n) is 3.99. The van der Waals surface area contributed by atoms with Crippen molar-refractivity contribution in [3.8, 4) is 11.5 Å². The topological polar surface area (TPSA) is 50.8 Å². The van der Waals surface area contributed by atoms with Crippen molar-refractivity contribution in [1.82, 2.24) is 5.32 Å². The molecule has 0 spiro atoms. The number of carbonyl (C=O) groups is 1. The fourth-order valence-electron chi connectivity index (χ4n) is 2.80. The van der Waals surface area contributed by atoms with Gasteiger partial charge in [0.1, 0.15) is 11.5 Å². The number of anilines is 1. The molecule has 1 aliphatic rings. The van der Waals surface area contributed by atoms with Crippen molar-refractivity contribution in [3.05, 3.63) is 53.6 Å². The molecular weight excluding hydrogens is 292 g/mol. The van der Waals surface area contributed by atoms with Gasteiger partial charge in [-0.1, -0.05) is 18.2 Å². The molecule has 0 atom stereocenters. The highest BCUT2D eigenvalue weighted by atomic mass is 16.5. The summed E-state index contributed by atoms with van der Waals surface area (Å²) < 4.78 is 10.6. The summed E-state index contributed by atoms with van der Waals surface area (Å²) in [4.78, 5) is 14.9. The van der Waals surface area contributed by atoms with Crippen LogP contribution in [0.4, 0.5) is 5.69 Å². The Bertz CT molecular complexity index is 715. The lowest BCUT2D eigenvalue weighted by Gasteiger charge is -2.23. The third kappa shape index (κ3) is 3.00. The highest BCUT2D eigenvalue weighted by Crippen LogP contribution is 2.29. The number of nitrogens with zero attached hydrogens (tertiary/aromatic N) is 1.